The van der Waals surface area contributed by atoms with E-state index in [4.69, 9.17) is 4.74 Å². The molecule has 0 saturated carbocycles. The molecular weight excluding hydrogens is 278 g/mol. The van der Waals surface area contributed by atoms with E-state index in [0.717, 1.165) is 38.2 Å². The number of hydrogen-bond donors (Lipinski definition) is 0. The Morgan fingerprint density at radius 1 is 1.45 bits per heavy atom. The second-order valence-electron chi connectivity index (χ2n) is 6.91. The molecule has 5 nitrogen and oxygen atoms in total. The molecule has 2 heterocycles. The van der Waals surface area contributed by atoms with Crippen molar-refractivity contribution in [1.82, 2.24) is 14.8 Å². The van der Waals surface area contributed by atoms with Crippen LogP contribution in [0.2, 0.25) is 0 Å². The molecule has 1 aromatic rings. The van der Waals surface area contributed by atoms with Gasteiger partial charge in [0.2, 0.25) is 0 Å². The minimum atomic E-state index is -0.442. The number of aromatic nitrogens is 1. The molecule has 1 amide bonds. The minimum Gasteiger partial charge on any atom is -0.444 e. The van der Waals surface area contributed by atoms with E-state index in [1.165, 1.54) is 0 Å². The molecule has 0 radical (unpaired) electrons. The fourth-order valence-electron chi connectivity index (χ4n) is 2.63. The van der Waals surface area contributed by atoms with Gasteiger partial charge in [0.1, 0.15) is 5.60 Å². The minimum absolute atomic E-state index is 0.232. The molecule has 1 aromatic heterocycles. The van der Waals surface area contributed by atoms with E-state index in [-0.39, 0.29) is 12.1 Å². The lowest BCUT2D eigenvalue weighted by Gasteiger charge is -2.28. The van der Waals surface area contributed by atoms with Crippen molar-refractivity contribution in [1.29, 1.82) is 0 Å². The molecule has 1 saturated heterocycles. The molecule has 0 N–H and O–H groups in total. The van der Waals surface area contributed by atoms with Gasteiger partial charge in [-0.05, 0) is 39.3 Å². The molecule has 1 aliphatic rings. The summed E-state index contributed by atoms with van der Waals surface area (Å²) in [4.78, 5) is 20.6. The number of carbonyl (C=O) groups excluding carboxylic acids is 1. The van der Waals surface area contributed by atoms with Gasteiger partial charge in [0, 0.05) is 51.0 Å². The van der Waals surface area contributed by atoms with Gasteiger partial charge >= 0.3 is 6.09 Å². The van der Waals surface area contributed by atoms with Gasteiger partial charge < -0.3 is 14.5 Å². The van der Waals surface area contributed by atoms with E-state index in [2.05, 4.69) is 16.0 Å². The summed E-state index contributed by atoms with van der Waals surface area (Å²) >= 11 is 0. The average Bonchev–Trinajstić information content (AvgIpc) is 2.92. The van der Waals surface area contributed by atoms with E-state index < -0.39 is 5.60 Å². The Morgan fingerprint density at radius 2 is 2.23 bits per heavy atom. The highest BCUT2D eigenvalue weighted by molar-refractivity contribution is 5.68. The number of pyridine rings is 1. The largest absolute Gasteiger partial charge is 0.444 e. The number of amides is 1. The summed E-state index contributed by atoms with van der Waals surface area (Å²) in [6.45, 7) is 8.59. The Bertz CT molecular complexity index is 484. The lowest BCUT2D eigenvalue weighted by molar-refractivity contribution is 0.0228. The predicted octanol–water partition coefficient (Wildman–Crippen LogP) is 2.57. The summed E-state index contributed by atoms with van der Waals surface area (Å²) in [5.74, 6) is 0. The van der Waals surface area contributed by atoms with Gasteiger partial charge in [0.05, 0.1) is 0 Å². The lowest BCUT2D eigenvalue weighted by Crippen LogP contribution is -2.42. The summed E-state index contributed by atoms with van der Waals surface area (Å²) in [6, 6.07) is 6.25. The zero-order valence-corrected chi connectivity index (χ0v) is 14.1. The van der Waals surface area contributed by atoms with Crippen LogP contribution in [0.3, 0.4) is 0 Å². The van der Waals surface area contributed by atoms with Crippen molar-refractivity contribution < 1.29 is 9.53 Å². The molecule has 1 unspecified atom stereocenters. The van der Waals surface area contributed by atoms with Crippen LogP contribution in [0.4, 0.5) is 4.79 Å². The van der Waals surface area contributed by atoms with Gasteiger partial charge in [-0.2, -0.15) is 0 Å². The topological polar surface area (TPSA) is 45.7 Å². The molecule has 1 aliphatic heterocycles. The number of nitrogens with zero attached hydrogens (tertiary/aromatic N) is 3. The van der Waals surface area contributed by atoms with Crippen molar-refractivity contribution in [2.75, 3.05) is 26.7 Å². The van der Waals surface area contributed by atoms with Crippen LogP contribution < -0.4 is 0 Å². The first-order valence-corrected chi connectivity index (χ1v) is 7.93. The van der Waals surface area contributed by atoms with Crippen LogP contribution in [0, 0.1) is 0 Å². The Kier molecular flexibility index (Phi) is 5.40. The Labute approximate surface area is 133 Å². The van der Waals surface area contributed by atoms with Crippen LogP contribution in [0.15, 0.2) is 24.4 Å². The highest BCUT2D eigenvalue weighted by atomic mass is 16.6. The van der Waals surface area contributed by atoms with E-state index in [9.17, 15) is 4.79 Å². The second-order valence-corrected chi connectivity index (χ2v) is 6.91. The van der Waals surface area contributed by atoms with E-state index in [1.807, 2.05) is 46.1 Å². The molecule has 0 aromatic carbocycles. The average molecular weight is 305 g/mol. The van der Waals surface area contributed by atoms with Crippen LogP contribution in [0.25, 0.3) is 0 Å². The Morgan fingerprint density at radius 3 is 2.86 bits per heavy atom. The monoisotopic (exact) mass is 305 g/mol. The van der Waals surface area contributed by atoms with Crippen molar-refractivity contribution in [3.05, 3.63) is 30.1 Å². The van der Waals surface area contributed by atoms with Crippen LogP contribution in [0.1, 0.15) is 32.9 Å². The second kappa shape index (κ2) is 7.09. The van der Waals surface area contributed by atoms with Crippen molar-refractivity contribution in [2.45, 2.75) is 45.3 Å². The van der Waals surface area contributed by atoms with Gasteiger partial charge in [0.25, 0.3) is 0 Å². The summed E-state index contributed by atoms with van der Waals surface area (Å²) in [5, 5.41) is 0. The lowest BCUT2D eigenvalue weighted by atomic mass is 10.2. The molecular formula is C17H27N3O2. The van der Waals surface area contributed by atoms with Gasteiger partial charge in [-0.25, -0.2) is 4.79 Å². The van der Waals surface area contributed by atoms with Gasteiger partial charge in [-0.15, -0.1) is 0 Å². The summed E-state index contributed by atoms with van der Waals surface area (Å²) in [6.07, 6.45) is 3.55. The maximum atomic E-state index is 12.1. The molecule has 0 spiro atoms. The Hall–Kier alpha value is -1.62. The summed E-state index contributed by atoms with van der Waals surface area (Å²) in [5.41, 5.74) is 0.675. The zero-order valence-electron chi connectivity index (χ0n) is 14.1. The standard InChI is InChI=1S/C17H27N3O2/c1-17(2,3)22-16(21)19(4)15-9-12-20(13-15)11-8-14-7-5-6-10-18-14/h5-7,10,15H,8-9,11-13H2,1-4H3. The normalized spacial score (nSPS) is 19.2. The fourth-order valence-corrected chi connectivity index (χ4v) is 2.63. The van der Waals surface area contributed by atoms with Gasteiger partial charge in [-0.1, -0.05) is 6.07 Å². The summed E-state index contributed by atoms with van der Waals surface area (Å²) in [7, 11) is 1.83. The fraction of sp³-hybridized carbons (Fsp3) is 0.647. The first kappa shape index (κ1) is 16.7. The van der Waals surface area contributed by atoms with Crippen molar-refractivity contribution >= 4 is 6.09 Å². The molecule has 0 aliphatic carbocycles. The van der Waals surface area contributed by atoms with Crippen LogP contribution >= 0.6 is 0 Å². The third kappa shape index (κ3) is 4.98. The molecule has 2 rings (SSSR count). The number of hydrogen-bond acceptors (Lipinski definition) is 4. The molecule has 0 bridgehead atoms. The number of rotatable bonds is 4. The smallest absolute Gasteiger partial charge is 0.410 e. The maximum Gasteiger partial charge on any atom is 0.410 e. The number of ether oxygens (including phenoxy) is 1. The predicted molar refractivity (Wildman–Crippen MR) is 86.8 cm³/mol. The van der Waals surface area contributed by atoms with Crippen molar-refractivity contribution in [3.63, 3.8) is 0 Å². The Balaban J connectivity index is 1.78. The highest BCUT2D eigenvalue weighted by Crippen LogP contribution is 2.17. The van der Waals surface area contributed by atoms with Crippen molar-refractivity contribution in [2.24, 2.45) is 0 Å². The van der Waals surface area contributed by atoms with Gasteiger partial charge in [-0.3, -0.25) is 4.98 Å². The maximum absolute atomic E-state index is 12.1. The third-order valence-corrected chi connectivity index (χ3v) is 3.89. The number of carbonyl (C=O) groups is 1. The van der Waals surface area contributed by atoms with E-state index in [0.29, 0.717) is 0 Å². The summed E-state index contributed by atoms with van der Waals surface area (Å²) < 4.78 is 5.43. The van der Waals surface area contributed by atoms with Gasteiger partial charge in [0.15, 0.2) is 0 Å². The van der Waals surface area contributed by atoms with Crippen molar-refractivity contribution in [3.8, 4) is 0 Å². The number of likely N-dealkylation sites (N-methyl/N-ethyl adjacent to an activating group) is 1. The van der Waals surface area contributed by atoms with E-state index >= 15 is 0 Å². The highest BCUT2D eigenvalue weighted by Gasteiger charge is 2.30. The van der Waals surface area contributed by atoms with Crippen LogP contribution in [0.5, 0.6) is 0 Å². The van der Waals surface area contributed by atoms with E-state index in [1.54, 1.807) is 4.90 Å². The van der Waals surface area contributed by atoms with Crippen LogP contribution in [-0.2, 0) is 11.2 Å². The molecule has 1 fully saturated rings. The molecule has 5 heteroatoms. The van der Waals surface area contributed by atoms with Crippen LogP contribution in [-0.4, -0.2) is 59.2 Å². The molecule has 22 heavy (non-hydrogen) atoms. The number of likely N-dealkylation sites (tertiary alicyclic amines) is 1. The first-order chi connectivity index (χ1) is 10.3. The zero-order chi connectivity index (χ0) is 16.2. The molecule has 1 atom stereocenters. The quantitative estimate of drug-likeness (QED) is 0.857. The molecule has 122 valence electrons. The third-order valence-electron chi connectivity index (χ3n) is 3.89. The SMILES string of the molecule is CN(C(=O)OC(C)(C)C)C1CCN(CCc2ccccn2)C1. The first-order valence-electron chi connectivity index (χ1n) is 7.93.